The van der Waals surface area contributed by atoms with Crippen LogP contribution in [0, 0.1) is 0 Å². The van der Waals surface area contributed by atoms with E-state index in [9.17, 15) is 4.79 Å². The molecule has 0 atom stereocenters. The number of carbonyl (C=O) groups is 1. The first-order valence-electron chi connectivity index (χ1n) is 9.23. The van der Waals surface area contributed by atoms with Crippen molar-refractivity contribution in [1.82, 2.24) is 5.32 Å². The highest BCUT2D eigenvalue weighted by Gasteiger charge is 2.14. The average molecular weight is 343 g/mol. The van der Waals surface area contributed by atoms with Crippen molar-refractivity contribution in [3.05, 3.63) is 108 Å². The van der Waals surface area contributed by atoms with Crippen molar-refractivity contribution in [2.75, 3.05) is 6.54 Å². The summed E-state index contributed by atoms with van der Waals surface area (Å²) < 4.78 is 0. The van der Waals surface area contributed by atoms with Crippen LogP contribution in [0.15, 0.2) is 91.0 Å². The number of hydrogen-bond donors (Lipinski definition) is 1. The Bertz CT molecular complexity index is 745. The lowest BCUT2D eigenvalue weighted by Crippen LogP contribution is -2.26. The van der Waals surface area contributed by atoms with Crippen molar-refractivity contribution in [3.63, 3.8) is 0 Å². The third-order valence-electron chi connectivity index (χ3n) is 4.64. The van der Waals surface area contributed by atoms with Gasteiger partial charge in [-0.2, -0.15) is 0 Å². The zero-order chi connectivity index (χ0) is 18.0. The lowest BCUT2D eigenvalue weighted by Gasteiger charge is -2.18. The van der Waals surface area contributed by atoms with Crippen molar-refractivity contribution < 1.29 is 4.79 Å². The predicted octanol–water partition coefficient (Wildman–Crippen LogP) is 4.96. The molecule has 0 aromatic heterocycles. The van der Waals surface area contributed by atoms with Gasteiger partial charge < -0.3 is 5.32 Å². The number of amides is 1. The lowest BCUT2D eigenvalue weighted by atomic mass is 9.88. The molecule has 2 nitrogen and oxygen atoms in total. The largest absolute Gasteiger partial charge is 0.356 e. The Morgan fingerprint density at radius 3 is 1.77 bits per heavy atom. The van der Waals surface area contributed by atoms with Crippen molar-refractivity contribution >= 4 is 5.91 Å². The second-order valence-electron chi connectivity index (χ2n) is 6.50. The smallest absolute Gasteiger partial charge is 0.220 e. The highest BCUT2D eigenvalue weighted by molar-refractivity contribution is 5.76. The van der Waals surface area contributed by atoms with E-state index in [0.717, 1.165) is 12.8 Å². The normalized spacial score (nSPS) is 10.7. The molecule has 3 rings (SSSR count). The summed E-state index contributed by atoms with van der Waals surface area (Å²) in [5.74, 6) is 0.417. The maximum Gasteiger partial charge on any atom is 0.220 e. The minimum absolute atomic E-state index is 0.119. The van der Waals surface area contributed by atoms with E-state index in [4.69, 9.17) is 0 Å². The summed E-state index contributed by atoms with van der Waals surface area (Å²) in [6.07, 6.45) is 2.21. The van der Waals surface area contributed by atoms with Crippen LogP contribution in [0.4, 0.5) is 0 Å². The standard InChI is InChI=1S/C24H25NO/c26-24(17-16-20-10-4-1-5-11-20)25-19-18-23(21-12-6-2-7-13-21)22-14-8-3-9-15-22/h1-15,23H,16-19H2,(H,25,26). The van der Waals surface area contributed by atoms with Gasteiger partial charge in [-0.25, -0.2) is 0 Å². The van der Waals surface area contributed by atoms with Gasteiger partial charge in [0, 0.05) is 18.9 Å². The Morgan fingerprint density at radius 1 is 0.731 bits per heavy atom. The second-order valence-corrected chi connectivity index (χ2v) is 6.50. The topological polar surface area (TPSA) is 29.1 Å². The fourth-order valence-corrected chi connectivity index (χ4v) is 3.24. The summed E-state index contributed by atoms with van der Waals surface area (Å²) in [5.41, 5.74) is 3.78. The fourth-order valence-electron chi connectivity index (χ4n) is 3.24. The summed E-state index contributed by atoms with van der Waals surface area (Å²) in [5, 5.41) is 3.08. The minimum atomic E-state index is 0.119. The van der Waals surface area contributed by atoms with Gasteiger partial charge in [0.05, 0.1) is 0 Å². The van der Waals surface area contributed by atoms with Crippen molar-refractivity contribution in [2.45, 2.75) is 25.2 Å². The first-order valence-corrected chi connectivity index (χ1v) is 9.23. The van der Waals surface area contributed by atoms with Crippen LogP contribution in [0.2, 0.25) is 0 Å². The molecule has 0 fully saturated rings. The Balaban J connectivity index is 1.54. The Labute approximate surface area is 155 Å². The van der Waals surface area contributed by atoms with E-state index in [0.29, 0.717) is 18.9 Å². The van der Waals surface area contributed by atoms with Crippen LogP contribution in [-0.2, 0) is 11.2 Å². The second kappa shape index (κ2) is 9.57. The molecule has 1 amide bonds. The quantitative estimate of drug-likeness (QED) is 0.615. The monoisotopic (exact) mass is 343 g/mol. The van der Waals surface area contributed by atoms with Crippen LogP contribution in [0.5, 0.6) is 0 Å². The fraction of sp³-hybridized carbons (Fsp3) is 0.208. The highest BCUT2D eigenvalue weighted by Crippen LogP contribution is 2.27. The van der Waals surface area contributed by atoms with E-state index >= 15 is 0 Å². The molecule has 3 aromatic rings. The molecule has 0 aliphatic heterocycles. The Kier molecular flexibility index (Phi) is 6.60. The zero-order valence-electron chi connectivity index (χ0n) is 15.0. The lowest BCUT2D eigenvalue weighted by molar-refractivity contribution is -0.121. The van der Waals surface area contributed by atoms with Crippen molar-refractivity contribution in [3.8, 4) is 0 Å². The number of rotatable bonds is 8. The van der Waals surface area contributed by atoms with E-state index < -0.39 is 0 Å². The first-order chi connectivity index (χ1) is 12.8. The van der Waals surface area contributed by atoms with Crippen LogP contribution in [0.3, 0.4) is 0 Å². The summed E-state index contributed by atoms with van der Waals surface area (Å²) >= 11 is 0. The van der Waals surface area contributed by atoms with Gasteiger partial charge in [-0.15, -0.1) is 0 Å². The van der Waals surface area contributed by atoms with Crippen molar-refractivity contribution in [1.29, 1.82) is 0 Å². The number of benzene rings is 3. The Morgan fingerprint density at radius 2 is 1.23 bits per heavy atom. The molecule has 0 bridgehead atoms. The third kappa shape index (κ3) is 5.32. The van der Waals surface area contributed by atoms with Gasteiger partial charge in [0.25, 0.3) is 0 Å². The molecule has 0 aliphatic carbocycles. The van der Waals surface area contributed by atoms with Crippen molar-refractivity contribution in [2.24, 2.45) is 0 Å². The van der Waals surface area contributed by atoms with Gasteiger partial charge in [-0.3, -0.25) is 4.79 Å². The van der Waals surface area contributed by atoms with Crippen LogP contribution in [0.25, 0.3) is 0 Å². The van der Waals surface area contributed by atoms with Gasteiger partial charge in [0.2, 0.25) is 5.91 Å². The molecule has 0 spiro atoms. The zero-order valence-corrected chi connectivity index (χ0v) is 15.0. The summed E-state index contributed by atoms with van der Waals surface area (Å²) in [7, 11) is 0. The Hall–Kier alpha value is -2.87. The molecule has 0 radical (unpaired) electrons. The minimum Gasteiger partial charge on any atom is -0.356 e. The molecule has 1 N–H and O–H groups in total. The van der Waals surface area contributed by atoms with E-state index in [1.54, 1.807) is 0 Å². The molecule has 26 heavy (non-hydrogen) atoms. The van der Waals surface area contributed by atoms with Crippen LogP contribution in [-0.4, -0.2) is 12.5 Å². The number of hydrogen-bond acceptors (Lipinski definition) is 1. The van der Waals surface area contributed by atoms with Crippen LogP contribution in [0.1, 0.15) is 35.4 Å². The summed E-state index contributed by atoms with van der Waals surface area (Å²) in [4.78, 5) is 12.2. The number of carbonyl (C=O) groups excluding carboxylic acids is 1. The average Bonchev–Trinajstić information content (AvgIpc) is 2.72. The van der Waals surface area contributed by atoms with Gasteiger partial charge in [0.15, 0.2) is 0 Å². The molecule has 0 heterocycles. The van der Waals surface area contributed by atoms with Gasteiger partial charge in [0.1, 0.15) is 0 Å². The maximum absolute atomic E-state index is 12.2. The number of nitrogens with one attached hydrogen (secondary N) is 1. The predicted molar refractivity (Wildman–Crippen MR) is 107 cm³/mol. The van der Waals surface area contributed by atoms with Gasteiger partial charge >= 0.3 is 0 Å². The van der Waals surface area contributed by atoms with E-state index in [-0.39, 0.29) is 5.91 Å². The molecular formula is C24H25NO. The molecule has 0 unspecified atom stereocenters. The third-order valence-corrected chi connectivity index (χ3v) is 4.64. The van der Waals surface area contributed by atoms with E-state index in [1.807, 2.05) is 30.3 Å². The van der Waals surface area contributed by atoms with E-state index in [2.05, 4.69) is 66.0 Å². The number of aryl methyl sites for hydroxylation is 1. The molecule has 0 saturated carbocycles. The molecular weight excluding hydrogens is 318 g/mol. The van der Waals surface area contributed by atoms with Crippen LogP contribution < -0.4 is 5.32 Å². The SMILES string of the molecule is O=C(CCc1ccccc1)NCCC(c1ccccc1)c1ccccc1. The van der Waals surface area contributed by atoms with Gasteiger partial charge in [-0.1, -0.05) is 91.0 Å². The molecule has 0 saturated heterocycles. The van der Waals surface area contributed by atoms with Crippen LogP contribution >= 0.6 is 0 Å². The molecule has 132 valence electrons. The first kappa shape index (κ1) is 17.9. The van der Waals surface area contributed by atoms with E-state index in [1.165, 1.54) is 16.7 Å². The summed E-state index contributed by atoms with van der Waals surface area (Å²) in [6.45, 7) is 0.683. The molecule has 2 heteroatoms. The summed E-state index contributed by atoms with van der Waals surface area (Å²) in [6, 6.07) is 31.2. The molecule has 3 aromatic carbocycles. The highest BCUT2D eigenvalue weighted by atomic mass is 16.1. The maximum atomic E-state index is 12.2. The molecule has 0 aliphatic rings. The van der Waals surface area contributed by atoms with Gasteiger partial charge in [-0.05, 0) is 29.5 Å².